The fourth-order valence-corrected chi connectivity index (χ4v) is 10.8. The van der Waals surface area contributed by atoms with Crippen LogP contribution in [0.4, 0.5) is 0 Å². The second kappa shape index (κ2) is 64.9. The minimum Gasteiger partial charge on any atom is -0.466 e. The SMILES string of the molecule is CCCCC/C=C\C/C=C\CCCCCCCCCC(=O)OCCCCCCCCCCCCCCCCCCCCCCCCCCCCCCCCCCC(=O)NC(CO)C(O)CCCCCCCCCCC. The Balaban J connectivity index is 3.28. The number of hydrogen-bond acceptors (Lipinski definition) is 5. The van der Waals surface area contributed by atoms with Crippen molar-refractivity contribution in [3.63, 3.8) is 0 Å². The van der Waals surface area contributed by atoms with Crippen LogP contribution < -0.4 is 5.32 Å². The topological polar surface area (TPSA) is 95.9 Å². The maximum atomic E-state index is 12.4. The van der Waals surface area contributed by atoms with Gasteiger partial charge in [-0.25, -0.2) is 0 Å². The molecule has 0 aromatic heterocycles. The van der Waals surface area contributed by atoms with Gasteiger partial charge >= 0.3 is 5.97 Å². The first-order chi connectivity index (χ1) is 37.0. The number of ether oxygens (including phenoxy) is 1. The fraction of sp³-hybridized carbons (Fsp3) is 0.913. The molecule has 0 fully saturated rings. The fourth-order valence-electron chi connectivity index (χ4n) is 10.8. The molecular formula is C69H133NO5. The van der Waals surface area contributed by atoms with E-state index in [4.69, 9.17) is 4.74 Å². The Labute approximate surface area is 469 Å². The van der Waals surface area contributed by atoms with Gasteiger partial charge in [0.25, 0.3) is 0 Å². The van der Waals surface area contributed by atoms with E-state index in [9.17, 15) is 19.8 Å². The lowest BCUT2D eigenvalue weighted by Gasteiger charge is -2.22. The average Bonchev–Trinajstić information content (AvgIpc) is 3.41. The molecule has 444 valence electrons. The van der Waals surface area contributed by atoms with E-state index in [0.717, 1.165) is 51.4 Å². The zero-order chi connectivity index (χ0) is 54.3. The highest BCUT2D eigenvalue weighted by Gasteiger charge is 2.20. The molecule has 0 rings (SSSR count). The Morgan fingerprint density at radius 1 is 0.373 bits per heavy atom. The molecule has 3 N–H and O–H groups in total. The number of nitrogens with one attached hydrogen (secondary N) is 1. The summed E-state index contributed by atoms with van der Waals surface area (Å²) in [5.74, 6) is -0.0175. The predicted octanol–water partition coefficient (Wildman–Crippen LogP) is 21.8. The first-order valence-electron chi connectivity index (χ1n) is 34.1. The van der Waals surface area contributed by atoms with Crippen molar-refractivity contribution in [2.75, 3.05) is 13.2 Å². The molecule has 0 aromatic rings. The number of allylic oxidation sites excluding steroid dienone is 4. The summed E-state index contributed by atoms with van der Waals surface area (Å²) in [6.45, 7) is 4.93. The van der Waals surface area contributed by atoms with E-state index in [1.165, 1.54) is 295 Å². The van der Waals surface area contributed by atoms with Crippen molar-refractivity contribution in [3.8, 4) is 0 Å². The number of carbonyl (C=O) groups is 2. The van der Waals surface area contributed by atoms with Crippen LogP contribution in [0.3, 0.4) is 0 Å². The van der Waals surface area contributed by atoms with E-state index in [0.29, 0.717) is 25.9 Å². The summed E-state index contributed by atoms with van der Waals surface area (Å²) in [6, 6.07) is -0.535. The van der Waals surface area contributed by atoms with Crippen LogP contribution in [0.25, 0.3) is 0 Å². The highest BCUT2D eigenvalue weighted by Crippen LogP contribution is 2.19. The molecule has 6 heteroatoms. The Hall–Kier alpha value is -1.66. The Kier molecular flexibility index (Phi) is 63.4. The van der Waals surface area contributed by atoms with Crippen molar-refractivity contribution < 1.29 is 24.5 Å². The predicted molar refractivity (Wildman–Crippen MR) is 329 cm³/mol. The van der Waals surface area contributed by atoms with Crippen LogP contribution in [-0.4, -0.2) is 47.4 Å². The summed E-state index contributed by atoms with van der Waals surface area (Å²) >= 11 is 0. The van der Waals surface area contributed by atoms with Gasteiger partial charge < -0.3 is 20.3 Å². The molecule has 0 spiro atoms. The lowest BCUT2D eigenvalue weighted by Crippen LogP contribution is -2.45. The smallest absolute Gasteiger partial charge is 0.305 e. The number of aliphatic hydroxyl groups is 2. The standard InChI is InChI=1S/C69H133NO5/c1-3-5-7-9-11-13-14-15-16-33-37-40-43-47-51-55-59-63-69(74)75-64-60-56-52-48-44-41-38-35-32-30-28-26-24-22-20-18-17-19-21-23-25-27-29-31-34-36-39-42-46-50-54-58-62-68(73)70-66(65-71)67(72)61-57-53-49-45-12-10-8-6-4-2/h11,13,15-16,66-67,71-72H,3-10,12,14,17-65H2,1-2H3,(H,70,73)/b13-11-,16-15-. The van der Waals surface area contributed by atoms with Crippen molar-refractivity contribution in [2.24, 2.45) is 0 Å². The van der Waals surface area contributed by atoms with Crippen molar-refractivity contribution >= 4 is 11.9 Å². The molecule has 1 amide bonds. The summed E-state index contributed by atoms with van der Waals surface area (Å²) in [5, 5.41) is 23.1. The molecule has 0 aliphatic rings. The monoisotopic (exact) mass is 1060 g/mol. The van der Waals surface area contributed by atoms with Crippen LogP contribution in [0.1, 0.15) is 380 Å². The van der Waals surface area contributed by atoms with Gasteiger partial charge in [-0.05, 0) is 57.8 Å². The van der Waals surface area contributed by atoms with Gasteiger partial charge in [-0.1, -0.05) is 334 Å². The molecule has 75 heavy (non-hydrogen) atoms. The first kappa shape index (κ1) is 73.3. The van der Waals surface area contributed by atoms with Crippen LogP contribution in [0.2, 0.25) is 0 Å². The van der Waals surface area contributed by atoms with Crippen molar-refractivity contribution in [1.82, 2.24) is 5.32 Å². The molecule has 0 radical (unpaired) electrons. The lowest BCUT2D eigenvalue weighted by atomic mass is 10.0. The molecule has 2 unspecified atom stereocenters. The highest BCUT2D eigenvalue weighted by atomic mass is 16.5. The number of carbonyl (C=O) groups excluding carboxylic acids is 2. The van der Waals surface area contributed by atoms with Crippen LogP contribution >= 0.6 is 0 Å². The van der Waals surface area contributed by atoms with Crippen LogP contribution in [-0.2, 0) is 14.3 Å². The molecule has 0 aliphatic heterocycles. The largest absolute Gasteiger partial charge is 0.466 e. The van der Waals surface area contributed by atoms with Gasteiger partial charge in [0.15, 0.2) is 0 Å². The molecular weight excluding hydrogens is 923 g/mol. The molecule has 0 aliphatic carbocycles. The Morgan fingerprint density at radius 3 is 1.04 bits per heavy atom. The van der Waals surface area contributed by atoms with Gasteiger partial charge in [-0.15, -0.1) is 0 Å². The van der Waals surface area contributed by atoms with Crippen molar-refractivity contribution in [1.29, 1.82) is 0 Å². The number of unbranched alkanes of at least 4 members (excludes halogenated alkanes) is 49. The zero-order valence-corrected chi connectivity index (χ0v) is 50.8. The van der Waals surface area contributed by atoms with Crippen molar-refractivity contribution in [2.45, 2.75) is 392 Å². The van der Waals surface area contributed by atoms with Gasteiger partial charge in [0.2, 0.25) is 5.91 Å². The zero-order valence-electron chi connectivity index (χ0n) is 50.8. The summed E-state index contributed by atoms with van der Waals surface area (Å²) in [5.41, 5.74) is 0. The van der Waals surface area contributed by atoms with E-state index >= 15 is 0 Å². The number of rotatable bonds is 64. The molecule has 0 heterocycles. The van der Waals surface area contributed by atoms with Gasteiger partial charge in [-0.3, -0.25) is 9.59 Å². The van der Waals surface area contributed by atoms with Gasteiger partial charge in [0.1, 0.15) is 0 Å². The molecule has 0 aromatic carbocycles. The normalized spacial score (nSPS) is 12.6. The number of hydrogen-bond donors (Lipinski definition) is 3. The maximum Gasteiger partial charge on any atom is 0.305 e. The number of aliphatic hydroxyl groups excluding tert-OH is 2. The quantitative estimate of drug-likeness (QED) is 0.0320. The van der Waals surface area contributed by atoms with E-state index in [2.05, 4.69) is 43.5 Å². The van der Waals surface area contributed by atoms with Crippen LogP contribution in [0.5, 0.6) is 0 Å². The van der Waals surface area contributed by atoms with E-state index in [1.807, 2.05) is 0 Å². The molecule has 0 saturated carbocycles. The minimum atomic E-state index is -0.658. The minimum absolute atomic E-state index is 0.0138. The van der Waals surface area contributed by atoms with Gasteiger partial charge in [0, 0.05) is 12.8 Å². The summed E-state index contributed by atoms with van der Waals surface area (Å²) in [6.07, 6.45) is 81.0. The molecule has 6 nitrogen and oxygen atoms in total. The summed E-state index contributed by atoms with van der Waals surface area (Å²) in [4.78, 5) is 24.5. The third-order valence-electron chi connectivity index (χ3n) is 16.0. The second-order valence-electron chi connectivity index (χ2n) is 23.5. The number of esters is 1. The average molecular weight is 1060 g/mol. The summed E-state index contributed by atoms with van der Waals surface area (Å²) in [7, 11) is 0. The second-order valence-corrected chi connectivity index (χ2v) is 23.5. The van der Waals surface area contributed by atoms with Crippen molar-refractivity contribution in [3.05, 3.63) is 24.3 Å². The highest BCUT2D eigenvalue weighted by molar-refractivity contribution is 5.76. The van der Waals surface area contributed by atoms with Crippen LogP contribution in [0.15, 0.2) is 24.3 Å². The number of amides is 1. The molecule has 0 saturated heterocycles. The third kappa shape index (κ3) is 61.4. The van der Waals surface area contributed by atoms with E-state index in [-0.39, 0.29) is 18.5 Å². The molecule has 2 atom stereocenters. The Morgan fingerprint density at radius 2 is 0.667 bits per heavy atom. The van der Waals surface area contributed by atoms with Gasteiger partial charge in [0.05, 0.1) is 25.4 Å². The maximum absolute atomic E-state index is 12.4. The van der Waals surface area contributed by atoms with E-state index in [1.54, 1.807) is 0 Å². The Bertz CT molecular complexity index is 1170. The lowest BCUT2D eigenvalue weighted by molar-refractivity contribution is -0.143. The van der Waals surface area contributed by atoms with Crippen LogP contribution in [0, 0.1) is 0 Å². The first-order valence-corrected chi connectivity index (χ1v) is 34.1. The third-order valence-corrected chi connectivity index (χ3v) is 16.0. The van der Waals surface area contributed by atoms with E-state index < -0.39 is 12.1 Å². The summed E-state index contributed by atoms with van der Waals surface area (Å²) < 4.78 is 5.50. The van der Waals surface area contributed by atoms with Gasteiger partial charge in [-0.2, -0.15) is 0 Å². The molecule has 0 bridgehead atoms.